The molecule has 0 atom stereocenters. The third-order valence-electron chi connectivity index (χ3n) is 0.732. The predicted octanol–water partition coefficient (Wildman–Crippen LogP) is 0.975. The largest absolute Gasteiger partial charge is 0.475 e. The third-order valence-corrected chi connectivity index (χ3v) is 0.732. The van der Waals surface area contributed by atoms with Crippen LogP contribution in [0.15, 0.2) is 22.8 Å². The third kappa shape index (κ3) is 1.90. The smallest absolute Gasteiger partial charge is 0.371 e. The standard InChI is InChI=1S/C5H4O3.Ni/c6-5(7)4-2-1-3-8-4;/h1-3H,(H,6,7);. The Kier molecular flexibility index (Phi) is 3.03. The van der Waals surface area contributed by atoms with Crippen molar-refractivity contribution in [2.24, 2.45) is 0 Å². The van der Waals surface area contributed by atoms with E-state index in [1.54, 1.807) is 0 Å². The molecule has 0 fully saturated rings. The molecule has 0 aliphatic carbocycles. The minimum Gasteiger partial charge on any atom is -0.475 e. The first kappa shape index (κ1) is 8.24. The van der Waals surface area contributed by atoms with Gasteiger partial charge in [0.1, 0.15) is 0 Å². The van der Waals surface area contributed by atoms with Crippen LogP contribution in [0.25, 0.3) is 0 Å². The van der Waals surface area contributed by atoms with E-state index < -0.39 is 5.97 Å². The average molecular weight is 171 g/mol. The van der Waals surface area contributed by atoms with Gasteiger partial charge in [-0.3, -0.25) is 0 Å². The average Bonchev–Trinajstić information content (AvgIpc) is 2.12. The molecule has 0 aliphatic heterocycles. The molecule has 0 spiro atoms. The molecule has 0 radical (unpaired) electrons. The molecule has 1 rings (SSSR count). The Hall–Kier alpha value is -0.756. The van der Waals surface area contributed by atoms with Gasteiger partial charge in [-0.2, -0.15) is 0 Å². The molecule has 1 N–H and O–H groups in total. The molecular weight excluding hydrogens is 167 g/mol. The first-order valence-electron chi connectivity index (χ1n) is 2.07. The maximum Gasteiger partial charge on any atom is 0.371 e. The zero-order chi connectivity index (χ0) is 5.98. The molecule has 0 saturated heterocycles. The molecule has 0 unspecified atom stereocenters. The summed E-state index contributed by atoms with van der Waals surface area (Å²) < 4.78 is 4.50. The fourth-order valence-electron chi connectivity index (χ4n) is 0.400. The van der Waals surface area contributed by atoms with Crippen molar-refractivity contribution in [2.75, 3.05) is 0 Å². The Morgan fingerprint density at radius 1 is 1.67 bits per heavy atom. The van der Waals surface area contributed by atoms with Gasteiger partial charge < -0.3 is 9.52 Å². The number of hydrogen-bond acceptors (Lipinski definition) is 2. The summed E-state index contributed by atoms with van der Waals surface area (Å²) in [7, 11) is 0. The van der Waals surface area contributed by atoms with Crippen LogP contribution < -0.4 is 0 Å². The molecule has 9 heavy (non-hydrogen) atoms. The van der Waals surface area contributed by atoms with Gasteiger partial charge in [0.15, 0.2) is 0 Å². The monoisotopic (exact) mass is 170 g/mol. The topological polar surface area (TPSA) is 50.4 Å². The van der Waals surface area contributed by atoms with Crippen LogP contribution in [0, 0.1) is 0 Å². The number of carboxylic acids is 1. The van der Waals surface area contributed by atoms with E-state index in [4.69, 9.17) is 5.11 Å². The van der Waals surface area contributed by atoms with Gasteiger partial charge in [-0.25, -0.2) is 4.79 Å². The van der Waals surface area contributed by atoms with Gasteiger partial charge in [0.2, 0.25) is 5.76 Å². The summed E-state index contributed by atoms with van der Waals surface area (Å²) in [6.07, 6.45) is 1.32. The second-order valence-electron chi connectivity index (χ2n) is 1.28. The Balaban J connectivity index is 0.000000640. The number of hydrogen-bond donors (Lipinski definition) is 1. The summed E-state index contributed by atoms with van der Waals surface area (Å²) in [6, 6.07) is 2.92. The molecule has 0 bridgehead atoms. The van der Waals surface area contributed by atoms with Crippen LogP contribution in [0.3, 0.4) is 0 Å². The van der Waals surface area contributed by atoms with Gasteiger partial charge in [0.25, 0.3) is 0 Å². The fraction of sp³-hybridized carbons (Fsp3) is 0. The number of furan rings is 1. The molecule has 3 nitrogen and oxygen atoms in total. The van der Waals surface area contributed by atoms with Crippen molar-refractivity contribution >= 4 is 5.97 Å². The predicted molar refractivity (Wildman–Crippen MR) is 25.7 cm³/mol. The first-order valence-corrected chi connectivity index (χ1v) is 2.07. The van der Waals surface area contributed by atoms with Gasteiger partial charge in [0, 0.05) is 16.5 Å². The molecule has 1 aromatic rings. The van der Waals surface area contributed by atoms with Gasteiger partial charge in [-0.05, 0) is 12.1 Å². The quantitative estimate of drug-likeness (QED) is 0.640. The molecule has 4 heteroatoms. The molecule has 0 saturated carbocycles. The van der Waals surface area contributed by atoms with E-state index in [9.17, 15) is 4.79 Å². The fourth-order valence-corrected chi connectivity index (χ4v) is 0.400. The van der Waals surface area contributed by atoms with Crippen LogP contribution >= 0.6 is 0 Å². The zero-order valence-electron chi connectivity index (χ0n) is 4.31. The minimum absolute atomic E-state index is 0. The normalized spacial score (nSPS) is 8.00. The van der Waals surface area contributed by atoms with Gasteiger partial charge >= 0.3 is 5.97 Å². The Labute approximate surface area is 61.6 Å². The van der Waals surface area contributed by atoms with E-state index in [0.717, 1.165) is 0 Å². The van der Waals surface area contributed by atoms with Crippen molar-refractivity contribution in [1.82, 2.24) is 0 Å². The number of carboxylic acid groups (broad SMARTS) is 1. The van der Waals surface area contributed by atoms with E-state index in [0.29, 0.717) is 0 Å². The van der Waals surface area contributed by atoms with Crippen molar-refractivity contribution in [1.29, 1.82) is 0 Å². The minimum atomic E-state index is -1.03. The van der Waals surface area contributed by atoms with E-state index in [-0.39, 0.29) is 22.3 Å². The van der Waals surface area contributed by atoms with E-state index in [2.05, 4.69) is 4.42 Å². The van der Waals surface area contributed by atoms with Crippen molar-refractivity contribution < 1.29 is 30.8 Å². The van der Waals surface area contributed by atoms with Gasteiger partial charge in [0.05, 0.1) is 6.26 Å². The number of carbonyl (C=O) groups is 1. The maximum absolute atomic E-state index is 9.97. The number of rotatable bonds is 1. The van der Waals surface area contributed by atoms with Crippen molar-refractivity contribution in [3.05, 3.63) is 24.2 Å². The Morgan fingerprint density at radius 3 is 2.56 bits per heavy atom. The summed E-state index contributed by atoms with van der Waals surface area (Å²) in [5, 5.41) is 8.18. The molecule has 0 amide bonds. The first-order chi connectivity index (χ1) is 3.80. The van der Waals surface area contributed by atoms with Crippen LogP contribution in [0.4, 0.5) is 0 Å². The van der Waals surface area contributed by atoms with E-state index in [1.165, 1.54) is 18.4 Å². The second kappa shape index (κ2) is 3.30. The molecule has 1 aromatic heterocycles. The van der Waals surface area contributed by atoms with Crippen LogP contribution in [0.1, 0.15) is 10.6 Å². The summed E-state index contributed by atoms with van der Waals surface area (Å²) >= 11 is 0. The Bertz CT molecular complexity index is 180. The van der Waals surface area contributed by atoms with Gasteiger partial charge in [-0.1, -0.05) is 0 Å². The van der Waals surface area contributed by atoms with Crippen molar-refractivity contribution in [2.45, 2.75) is 0 Å². The molecule has 0 aromatic carbocycles. The second-order valence-corrected chi connectivity index (χ2v) is 1.28. The molecule has 1 heterocycles. The molecular formula is C5H4NiO3. The SMILES string of the molecule is O=C(O)c1ccco1.[Ni]. The van der Waals surface area contributed by atoms with Crippen LogP contribution in [-0.2, 0) is 16.5 Å². The summed E-state index contributed by atoms with van der Waals surface area (Å²) in [4.78, 5) is 9.97. The Morgan fingerprint density at radius 2 is 2.33 bits per heavy atom. The number of aromatic carboxylic acids is 1. The van der Waals surface area contributed by atoms with Crippen LogP contribution in [0.2, 0.25) is 0 Å². The summed E-state index contributed by atoms with van der Waals surface area (Å²) in [5.74, 6) is -1.06. The summed E-state index contributed by atoms with van der Waals surface area (Å²) in [6.45, 7) is 0. The maximum atomic E-state index is 9.97. The molecule has 0 aliphatic rings. The van der Waals surface area contributed by atoms with Crippen LogP contribution in [-0.4, -0.2) is 11.1 Å². The van der Waals surface area contributed by atoms with Crippen LogP contribution in [0.5, 0.6) is 0 Å². The van der Waals surface area contributed by atoms with Crippen molar-refractivity contribution in [3.63, 3.8) is 0 Å². The van der Waals surface area contributed by atoms with E-state index >= 15 is 0 Å². The summed E-state index contributed by atoms with van der Waals surface area (Å²) in [5.41, 5.74) is 0. The van der Waals surface area contributed by atoms with Crippen molar-refractivity contribution in [3.8, 4) is 0 Å². The molecule has 52 valence electrons. The van der Waals surface area contributed by atoms with Gasteiger partial charge in [-0.15, -0.1) is 0 Å². The zero-order valence-corrected chi connectivity index (χ0v) is 5.30. The van der Waals surface area contributed by atoms with E-state index in [1.807, 2.05) is 0 Å².